The van der Waals surface area contributed by atoms with E-state index in [1.807, 2.05) is 0 Å². The summed E-state index contributed by atoms with van der Waals surface area (Å²) >= 11 is 0. The van der Waals surface area contributed by atoms with Crippen LogP contribution >= 0.6 is 0 Å². The molecule has 10 heavy (non-hydrogen) atoms. The van der Waals surface area contributed by atoms with Crippen LogP contribution in [-0.2, 0) is 0 Å². The van der Waals surface area contributed by atoms with Gasteiger partial charge >= 0.3 is 0 Å². The minimum Gasteiger partial charge on any atom is -0.317 e. The second-order valence-electron chi connectivity index (χ2n) is 3.49. The second kappa shape index (κ2) is 3.38. The van der Waals surface area contributed by atoms with Crippen molar-refractivity contribution in [3.05, 3.63) is 0 Å². The van der Waals surface area contributed by atoms with Gasteiger partial charge in [-0.3, -0.25) is 0 Å². The molecule has 1 rings (SSSR count). The number of nitrogens with one attached hydrogen (secondary N) is 1. The van der Waals surface area contributed by atoms with Crippen LogP contribution in [0.4, 0.5) is 0 Å². The Balaban J connectivity index is 2.27. The Bertz CT molecular complexity index is 92.1. The number of rotatable bonds is 3. The SMILES string of the molecule is CCC1CCC1C(C)NC. The largest absolute Gasteiger partial charge is 0.317 e. The van der Waals surface area contributed by atoms with Crippen LogP contribution in [0.5, 0.6) is 0 Å². The van der Waals surface area contributed by atoms with Crippen molar-refractivity contribution in [2.75, 3.05) is 7.05 Å². The van der Waals surface area contributed by atoms with Gasteiger partial charge in [0.25, 0.3) is 0 Å². The van der Waals surface area contributed by atoms with E-state index in [0.29, 0.717) is 0 Å². The quantitative estimate of drug-likeness (QED) is 0.634. The molecule has 0 heterocycles. The summed E-state index contributed by atoms with van der Waals surface area (Å²) in [7, 11) is 2.07. The van der Waals surface area contributed by atoms with Gasteiger partial charge in [-0.05, 0) is 38.6 Å². The summed E-state index contributed by atoms with van der Waals surface area (Å²) < 4.78 is 0. The average molecular weight is 141 g/mol. The van der Waals surface area contributed by atoms with Gasteiger partial charge < -0.3 is 5.32 Å². The summed E-state index contributed by atoms with van der Waals surface area (Å²) in [6.07, 6.45) is 4.28. The van der Waals surface area contributed by atoms with Crippen molar-refractivity contribution in [3.8, 4) is 0 Å². The zero-order chi connectivity index (χ0) is 7.56. The molecule has 60 valence electrons. The minimum absolute atomic E-state index is 0.735. The molecule has 1 saturated carbocycles. The number of hydrogen-bond acceptors (Lipinski definition) is 1. The van der Waals surface area contributed by atoms with Gasteiger partial charge in [-0.25, -0.2) is 0 Å². The van der Waals surface area contributed by atoms with E-state index in [-0.39, 0.29) is 0 Å². The molecular weight excluding hydrogens is 122 g/mol. The zero-order valence-electron chi connectivity index (χ0n) is 7.35. The molecule has 0 saturated heterocycles. The van der Waals surface area contributed by atoms with Crippen molar-refractivity contribution in [3.63, 3.8) is 0 Å². The van der Waals surface area contributed by atoms with Gasteiger partial charge in [0.1, 0.15) is 0 Å². The lowest BCUT2D eigenvalue weighted by Crippen LogP contribution is -2.40. The molecule has 1 aliphatic carbocycles. The third kappa shape index (κ3) is 1.34. The highest BCUT2D eigenvalue weighted by atomic mass is 14.9. The minimum atomic E-state index is 0.735. The van der Waals surface area contributed by atoms with Crippen LogP contribution in [0.25, 0.3) is 0 Å². The average Bonchev–Trinajstić information content (AvgIpc) is 1.86. The Labute approximate surface area is 64.2 Å². The first-order valence-corrected chi connectivity index (χ1v) is 4.46. The Morgan fingerprint density at radius 1 is 1.50 bits per heavy atom. The molecule has 0 radical (unpaired) electrons. The van der Waals surface area contributed by atoms with E-state index in [1.54, 1.807) is 0 Å². The Hall–Kier alpha value is -0.0400. The molecule has 0 aromatic carbocycles. The van der Waals surface area contributed by atoms with Crippen molar-refractivity contribution in [1.82, 2.24) is 5.32 Å². The first-order chi connectivity index (χ1) is 4.79. The van der Waals surface area contributed by atoms with Gasteiger partial charge in [0.05, 0.1) is 0 Å². The van der Waals surface area contributed by atoms with E-state index in [4.69, 9.17) is 0 Å². The molecule has 0 aromatic rings. The molecule has 1 nitrogen and oxygen atoms in total. The summed E-state index contributed by atoms with van der Waals surface area (Å²) in [6, 6.07) is 0.735. The molecule has 0 spiro atoms. The predicted octanol–water partition coefficient (Wildman–Crippen LogP) is 2.03. The summed E-state index contributed by atoms with van der Waals surface area (Å²) in [5, 5.41) is 3.33. The second-order valence-corrected chi connectivity index (χ2v) is 3.49. The van der Waals surface area contributed by atoms with Gasteiger partial charge in [-0.1, -0.05) is 13.3 Å². The number of hydrogen-bond donors (Lipinski definition) is 1. The molecule has 1 heteroatoms. The Morgan fingerprint density at radius 2 is 2.20 bits per heavy atom. The van der Waals surface area contributed by atoms with E-state index in [1.165, 1.54) is 19.3 Å². The zero-order valence-corrected chi connectivity index (χ0v) is 7.35. The highest BCUT2D eigenvalue weighted by Gasteiger charge is 2.32. The van der Waals surface area contributed by atoms with Crippen molar-refractivity contribution in [2.45, 2.75) is 39.2 Å². The fraction of sp³-hybridized carbons (Fsp3) is 1.00. The normalized spacial score (nSPS) is 35.1. The van der Waals surface area contributed by atoms with Crippen LogP contribution in [0.15, 0.2) is 0 Å². The summed E-state index contributed by atoms with van der Waals surface area (Å²) in [6.45, 7) is 4.60. The van der Waals surface area contributed by atoms with Crippen molar-refractivity contribution >= 4 is 0 Å². The van der Waals surface area contributed by atoms with Gasteiger partial charge in [-0.2, -0.15) is 0 Å². The van der Waals surface area contributed by atoms with Crippen molar-refractivity contribution in [2.24, 2.45) is 11.8 Å². The lowest BCUT2D eigenvalue weighted by Gasteiger charge is -2.40. The van der Waals surface area contributed by atoms with Gasteiger partial charge in [0.2, 0.25) is 0 Å². The predicted molar refractivity (Wildman–Crippen MR) is 45.0 cm³/mol. The van der Waals surface area contributed by atoms with Crippen LogP contribution in [0, 0.1) is 11.8 Å². The van der Waals surface area contributed by atoms with Crippen LogP contribution in [-0.4, -0.2) is 13.1 Å². The van der Waals surface area contributed by atoms with Crippen molar-refractivity contribution < 1.29 is 0 Å². The van der Waals surface area contributed by atoms with E-state index in [9.17, 15) is 0 Å². The lowest BCUT2D eigenvalue weighted by atomic mass is 9.69. The van der Waals surface area contributed by atoms with Gasteiger partial charge in [0, 0.05) is 6.04 Å². The lowest BCUT2D eigenvalue weighted by molar-refractivity contribution is 0.131. The molecule has 3 atom stereocenters. The van der Waals surface area contributed by atoms with E-state index in [0.717, 1.165) is 17.9 Å². The van der Waals surface area contributed by atoms with Crippen LogP contribution < -0.4 is 5.32 Å². The monoisotopic (exact) mass is 141 g/mol. The molecule has 1 aliphatic rings. The molecule has 0 aliphatic heterocycles. The van der Waals surface area contributed by atoms with Gasteiger partial charge in [0.15, 0.2) is 0 Å². The first-order valence-electron chi connectivity index (χ1n) is 4.46. The highest BCUT2D eigenvalue weighted by molar-refractivity contribution is 4.85. The molecule has 1 fully saturated rings. The van der Waals surface area contributed by atoms with E-state index >= 15 is 0 Å². The highest BCUT2D eigenvalue weighted by Crippen LogP contribution is 2.38. The topological polar surface area (TPSA) is 12.0 Å². The van der Waals surface area contributed by atoms with Crippen LogP contribution in [0.2, 0.25) is 0 Å². The molecule has 0 amide bonds. The maximum Gasteiger partial charge on any atom is 0.00666 e. The summed E-state index contributed by atoms with van der Waals surface area (Å²) in [5.74, 6) is 1.98. The van der Waals surface area contributed by atoms with Crippen LogP contribution in [0.3, 0.4) is 0 Å². The molecule has 0 aromatic heterocycles. The summed E-state index contributed by atoms with van der Waals surface area (Å²) in [5.41, 5.74) is 0. The maximum atomic E-state index is 3.33. The standard InChI is InChI=1S/C9H19N/c1-4-8-5-6-9(8)7(2)10-3/h7-10H,4-6H2,1-3H3. The summed E-state index contributed by atoms with van der Waals surface area (Å²) in [4.78, 5) is 0. The fourth-order valence-corrected chi connectivity index (χ4v) is 1.97. The van der Waals surface area contributed by atoms with Gasteiger partial charge in [-0.15, -0.1) is 0 Å². The Morgan fingerprint density at radius 3 is 2.50 bits per heavy atom. The molecule has 1 N–H and O–H groups in total. The Kier molecular flexibility index (Phi) is 2.72. The molecule has 3 unspecified atom stereocenters. The van der Waals surface area contributed by atoms with E-state index < -0.39 is 0 Å². The van der Waals surface area contributed by atoms with E-state index in [2.05, 4.69) is 26.2 Å². The smallest absolute Gasteiger partial charge is 0.00666 e. The fourth-order valence-electron chi connectivity index (χ4n) is 1.97. The third-order valence-corrected chi connectivity index (χ3v) is 3.10. The maximum absolute atomic E-state index is 3.33. The first kappa shape index (κ1) is 8.06. The third-order valence-electron chi connectivity index (χ3n) is 3.10. The van der Waals surface area contributed by atoms with Crippen molar-refractivity contribution in [1.29, 1.82) is 0 Å². The molecule has 0 bridgehead atoms. The molecular formula is C9H19N. The van der Waals surface area contributed by atoms with Crippen LogP contribution in [0.1, 0.15) is 33.1 Å².